The number of anilines is 3. The first-order valence-electron chi connectivity index (χ1n) is 24.8. The molecule has 5 nitrogen and oxygen atoms in total. The Morgan fingerprint density at radius 1 is 0.418 bits per heavy atom. The third kappa shape index (κ3) is 9.65. The summed E-state index contributed by atoms with van der Waals surface area (Å²) < 4.78 is 2.41. The lowest BCUT2D eigenvalue weighted by molar-refractivity contribution is -0.519. The van der Waals surface area contributed by atoms with E-state index < -0.39 is 0 Å². The molecule has 6 aromatic carbocycles. The van der Waals surface area contributed by atoms with E-state index in [4.69, 9.17) is 0 Å². The van der Waals surface area contributed by atoms with Crippen molar-refractivity contribution >= 4 is 61.7 Å². The summed E-state index contributed by atoms with van der Waals surface area (Å²) in [5.41, 5.74) is 19.2. The fourth-order valence-corrected chi connectivity index (χ4v) is 10.1. The van der Waals surface area contributed by atoms with E-state index in [1.807, 2.05) is 0 Å². The van der Waals surface area contributed by atoms with Crippen molar-refractivity contribution in [3.63, 3.8) is 0 Å². The minimum Gasteiger partial charge on any atom is -0.372 e. The minimum absolute atomic E-state index is 0.978. The van der Waals surface area contributed by atoms with Gasteiger partial charge in [-0.05, 0) is 184 Å². The topological polar surface area (TPSA) is 26.7 Å². The van der Waals surface area contributed by atoms with E-state index in [2.05, 4.69) is 250 Å². The number of hydrogen-bond donors (Lipinski definition) is 1. The normalized spacial score (nSPS) is 13.6. The van der Waals surface area contributed by atoms with Crippen LogP contribution in [0.5, 0.6) is 0 Å². The van der Waals surface area contributed by atoms with Gasteiger partial charge in [-0.1, -0.05) is 72.8 Å². The van der Waals surface area contributed by atoms with Gasteiger partial charge in [0.05, 0.1) is 10.9 Å². The van der Waals surface area contributed by atoms with E-state index in [9.17, 15) is 0 Å². The second-order valence-electron chi connectivity index (χ2n) is 17.2. The predicted octanol–water partition coefficient (Wildman–Crippen LogP) is 12.5. The summed E-state index contributed by atoms with van der Waals surface area (Å²) in [5, 5.41) is 2.39. The van der Waals surface area contributed by atoms with E-state index in [0.717, 1.165) is 63.8 Å². The van der Waals surface area contributed by atoms with Crippen LogP contribution in [0, 0.1) is 0 Å². The Kier molecular flexibility index (Phi) is 15.0. The lowest BCUT2D eigenvalue weighted by Crippen LogP contribution is -2.66. The van der Waals surface area contributed by atoms with Crippen LogP contribution in [0.2, 0.25) is 0 Å². The molecular weight excluding hydrogens is 815 g/mol. The van der Waals surface area contributed by atoms with Crippen LogP contribution in [-0.4, -0.2) is 68.4 Å². The maximum atomic E-state index is 3.97. The molecule has 1 N–H and O–H groups in total. The third-order valence-electron chi connectivity index (χ3n) is 13.8. The van der Waals surface area contributed by atoms with E-state index in [1.165, 1.54) is 89.2 Å². The summed E-state index contributed by atoms with van der Waals surface area (Å²) >= 11 is 0. The molecule has 0 heterocycles. The van der Waals surface area contributed by atoms with Gasteiger partial charge in [0.25, 0.3) is 0 Å². The summed E-state index contributed by atoms with van der Waals surface area (Å²) in [6.45, 7) is 25.6. The van der Waals surface area contributed by atoms with Gasteiger partial charge >= 0.3 is 0 Å². The third-order valence-corrected chi connectivity index (χ3v) is 13.8. The molecule has 2 aliphatic rings. The number of rotatable bonds is 16. The largest absolute Gasteiger partial charge is 0.372 e. The van der Waals surface area contributed by atoms with E-state index in [1.54, 1.807) is 0 Å². The first kappa shape index (κ1) is 46.5. The van der Waals surface area contributed by atoms with E-state index in [0.29, 0.717) is 0 Å². The number of fused-ring (bicyclic) bond motifs is 2. The van der Waals surface area contributed by atoms with Gasteiger partial charge in [-0.25, -0.2) is 9.57 Å². The van der Waals surface area contributed by atoms with Crippen molar-refractivity contribution in [3.05, 3.63) is 209 Å². The van der Waals surface area contributed by atoms with Gasteiger partial charge in [0, 0.05) is 80.6 Å². The van der Waals surface area contributed by atoms with Crippen molar-refractivity contribution in [1.82, 2.24) is 0 Å². The maximum absolute atomic E-state index is 3.97. The van der Waals surface area contributed by atoms with Crippen molar-refractivity contribution in [3.8, 4) is 0 Å². The molecule has 8 rings (SSSR count). The van der Waals surface area contributed by atoms with Gasteiger partial charge in [-0.15, -0.1) is 0 Å². The second-order valence-corrected chi connectivity index (χ2v) is 17.2. The molecule has 0 atom stereocenters. The predicted molar refractivity (Wildman–Crippen MR) is 291 cm³/mol. The van der Waals surface area contributed by atoms with Gasteiger partial charge < -0.3 is 14.7 Å². The Balaban J connectivity index is 1.26. The van der Waals surface area contributed by atoms with Crippen LogP contribution >= 0.6 is 0 Å². The van der Waals surface area contributed by atoms with Gasteiger partial charge in [0.2, 0.25) is 11.4 Å². The van der Waals surface area contributed by atoms with E-state index in [-0.39, 0.29) is 0 Å². The molecule has 0 aromatic heterocycles. The van der Waals surface area contributed by atoms with Crippen molar-refractivity contribution in [2.45, 2.75) is 55.4 Å². The summed E-state index contributed by atoms with van der Waals surface area (Å²) in [6.07, 6.45) is 13.8. The fourth-order valence-electron chi connectivity index (χ4n) is 10.1. The molecule has 0 aliphatic heterocycles. The van der Waals surface area contributed by atoms with Gasteiger partial charge in [0.1, 0.15) is 13.1 Å². The van der Waals surface area contributed by atoms with Crippen molar-refractivity contribution < 1.29 is 9.57 Å². The molecule has 0 fully saturated rings. The first-order chi connectivity index (χ1) is 32.9. The van der Waals surface area contributed by atoms with Crippen LogP contribution in [0.4, 0.5) is 22.7 Å². The van der Waals surface area contributed by atoms with Crippen LogP contribution in [0.25, 0.3) is 27.5 Å². The highest BCUT2D eigenvalue weighted by atomic mass is 15.1. The molecule has 0 radical (unpaired) electrons. The molecule has 0 bridgehead atoms. The number of nitrogens with zero attached hydrogens (tertiary/aromatic N) is 4. The zero-order valence-corrected chi connectivity index (χ0v) is 41.1. The number of benzene rings is 6. The second kappa shape index (κ2) is 21.5. The molecule has 6 aromatic rings. The molecule has 67 heavy (non-hydrogen) atoms. The summed E-state index contributed by atoms with van der Waals surface area (Å²) in [4.78, 5) is 11.2. The molecule has 0 spiro atoms. The molecule has 0 amide bonds. The van der Waals surface area contributed by atoms with Crippen LogP contribution in [0.1, 0.15) is 88.8 Å². The van der Waals surface area contributed by atoms with E-state index >= 15 is 0 Å². The smallest absolute Gasteiger partial charge is 0.211 e. The average Bonchev–Trinajstić information content (AvgIpc) is 3.38. The minimum atomic E-state index is 0.978. The van der Waals surface area contributed by atoms with Crippen LogP contribution in [-0.2, 0) is 0 Å². The molecule has 5 heteroatoms. The Labute approximate surface area is 400 Å². The Bertz CT molecular complexity index is 2830. The van der Waals surface area contributed by atoms with Gasteiger partial charge in [-0.2, -0.15) is 0 Å². The molecule has 0 unspecified atom stereocenters. The van der Waals surface area contributed by atoms with Gasteiger partial charge in [-0.3, -0.25) is 0 Å². The monoisotopic (exact) mass is 884 g/mol. The Morgan fingerprint density at radius 2 is 0.866 bits per heavy atom. The van der Waals surface area contributed by atoms with Crippen molar-refractivity contribution in [2.24, 2.45) is 0 Å². The molecule has 0 saturated heterocycles. The molecule has 2 aliphatic carbocycles. The highest BCUT2D eigenvalue weighted by molar-refractivity contribution is 6.17. The van der Waals surface area contributed by atoms with Crippen LogP contribution in [0.3, 0.4) is 0 Å². The quantitative estimate of drug-likeness (QED) is 0.0981. The lowest BCUT2D eigenvalue weighted by atomic mass is 9.83. The van der Waals surface area contributed by atoms with Crippen LogP contribution in [0.15, 0.2) is 175 Å². The number of hydrogen-bond acceptors (Lipinski definition) is 3. The molecule has 0 saturated carbocycles. The van der Waals surface area contributed by atoms with Crippen LogP contribution < -0.4 is 19.7 Å². The SMILES string of the molecule is CCN(CC)c1ccc(C(=C2C=CC(=[NH+]c3ccc(C(=C4C=CC(=[N+](CC)CC)C=C4)c4ccc(N(CC)CC)cc4)c4ccccc34)c3ccccc32)c2ccc(N(CC)CC)cc2)cc1. The first-order valence-corrected chi connectivity index (χ1v) is 24.8. The van der Waals surface area contributed by atoms with Crippen molar-refractivity contribution in [1.29, 1.82) is 0 Å². The fraction of sp³-hybridized carbons (Fsp3) is 0.258. The maximum Gasteiger partial charge on any atom is 0.211 e. The number of nitrogens with one attached hydrogen (secondary N) is 1. The Morgan fingerprint density at radius 3 is 1.34 bits per heavy atom. The standard InChI is InChI=1S/C62H68N5/c1-9-64(10-2)49-33-25-45(26-34-49)61(46-27-35-50(36-28-46)65(11-3)12-4)57-41-43-59(55-23-19-17-21-53(55)57)63-60-44-42-58(54-22-18-20-24-56(54)60)62(47-29-37-51(38-30-47)66(13-5)14-6)48-31-39-52(40-32-48)67(15-7)16-8/h17-44H,9-16H2,1-8H3/q+1/p+1. The summed E-state index contributed by atoms with van der Waals surface area (Å²) in [7, 11) is 0. The summed E-state index contributed by atoms with van der Waals surface area (Å²) in [5.74, 6) is 0. The lowest BCUT2D eigenvalue weighted by Gasteiger charge is -2.24. The average molecular weight is 884 g/mol. The molecule has 340 valence electrons. The molecular formula is C62H69N5+2. The zero-order valence-electron chi connectivity index (χ0n) is 41.1. The highest BCUT2D eigenvalue weighted by Crippen LogP contribution is 2.39. The summed E-state index contributed by atoms with van der Waals surface area (Å²) in [6, 6.07) is 49.9. The zero-order chi connectivity index (χ0) is 46.9. The Hall–Kier alpha value is -6.98. The van der Waals surface area contributed by atoms with Crippen molar-refractivity contribution in [2.75, 3.05) is 67.1 Å². The number of allylic oxidation sites excluding steroid dienone is 8. The highest BCUT2D eigenvalue weighted by Gasteiger charge is 2.25. The van der Waals surface area contributed by atoms with Gasteiger partial charge in [0.15, 0.2) is 5.71 Å².